The normalized spacial score (nSPS) is 17.3. The van der Waals surface area contributed by atoms with E-state index in [1.54, 1.807) is 32.0 Å². The smallest absolute Gasteiger partial charge is 0.162 e. The number of amidine groups is 1. The van der Waals surface area contributed by atoms with Crippen LogP contribution in [-0.4, -0.2) is 16.7 Å². The Morgan fingerprint density at radius 2 is 1.63 bits per heavy atom. The number of ketones is 1. The average Bonchev–Trinajstić information content (AvgIpc) is 3.40. The fourth-order valence-corrected chi connectivity index (χ4v) is 3.68. The lowest BCUT2D eigenvalue weighted by atomic mass is 9.73. The zero-order valence-corrected chi connectivity index (χ0v) is 16.9. The molecule has 3 N–H and O–H groups in total. The van der Waals surface area contributed by atoms with Crippen molar-refractivity contribution in [3.05, 3.63) is 54.1 Å². The number of nitrogens with zero attached hydrogens (tertiary/aromatic N) is 1. The molecule has 1 fully saturated rings. The maximum Gasteiger partial charge on any atom is 0.162 e. The number of aliphatic imine (C=N–C) groups is 1. The number of Topliss-reactive ketones (excluding diaryl/α,β-unsaturated/α-hetero) is 1. The molecule has 0 amide bonds. The fraction of sp³-hybridized carbons (Fsp3) is 0.391. The highest BCUT2D eigenvalue weighted by molar-refractivity contribution is 5.93. The van der Waals surface area contributed by atoms with Crippen LogP contribution in [0.1, 0.15) is 53.0 Å². The first-order valence-corrected chi connectivity index (χ1v) is 9.51. The number of rotatable bonds is 5. The lowest BCUT2D eigenvalue weighted by molar-refractivity contribution is -0.124. The number of hydrogen-bond acceptors (Lipinski definition) is 3. The van der Waals surface area contributed by atoms with E-state index in [4.69, 9.17) is 5.73 Å². The summed E-state index contributed by atoms with van der Waals surface area (Å²) < 4.78 is 0. The summed E-state index contributed by atoms with van der Waals surface area (Å²) in [6.07, 6.45) is 1.89. The minimum absolute atomic E-state index is 0.00496. The number of nitrogens with two attached hydrogens (primary N) is 1. The van der Waals surface area contributed by atoms with E-state index in [9.17, 15) is 9.90 Å². The highest BCUT2D eigenvalue weighted by Crippen LogP contribution is 2.60. The summed E-state index contributed by atoms with van der Waals surface area (Å²) in [6, 6.07) is 14.9. The van der Waals surface area contributed by atoms with Crippen molar-refractivity contribution in [2.75, 3.05) is 0 Å². The van der Waals surface area contributed by atoms with Gasteiger partial charge in [0.15, 0.2) is 11.3 Å². The topological polar surface area (TPSA) is 75.7 Å². The zero-order valence-electron chi connectivity index (χ0n) is 16.9. The van der Waals surface area contributed by atoms with Gasteiger partial charge in [0.25, 0.3) is 0 Å². The molecule has 1 saturated carbocycles. The Morgan fingerprint density at radius 1 is 1.07 bits per heavy atom. The molecular formula is C23H30N2O2. The van der Waals surface area contributed by atoms with Crippen molar-refractivity contribution in [3.8, 4) is 16.9 Å². The second-order valence-corrected chi connectivity index (χ2v) is 7.21. The van der Waals surface area contributed by atoms with Gasteiger partial charge >= 0.3 is 0 Å². The van der Waals surface area contributed by atoms with Gasteiger partial charge in [0.1, 0.15) is 5.75 Å². The minimum atomic E-state index is -0.960. The maximum atomic E-state index is 12.8. The molecule has 3 rings (SSSR count). The van der Waals surface area contributed by atoms with Crippen molar-refractivity contribution in [1.29, 1.82) is 0 Å². The molecule has 0 saturated heterocycles. The number of benzene rings is 2. The number of aromatic hydroxyl groups is 1. The molecule has 2 aromatic carbocycles. The number of phenolic OH excluding ortho intramolecular Hbond substituents is 1. The van der Waals surface area contributed by atoms with Crippen LogP contribution in [0.15, 0.2) is 53.5 Å². The number of phenols is 1. The van der Waals surface area contributed by atoms with Gasteiger partial charge in [-0.05, 0) is 61.6 Å². The van der Waals surface area contributed by atoms with Gasteiger partial charge < -0.3 is 10.8 Å². The van der Waals surface area contributed by atoms with Crippen LogP contribution in [0.4, 0.5) is 0 Å². The molecule has 1 aliphatic rings. The quantitative estimate of drug-likeness (QED) is 0.574. The third kappa shape index (κ3) is 3.90. The summed E-state index contributed by atoms with van der Waals surface area (Å²) in [5.74, 6) is 0.627. The van der Waals surface area contributed by atoms with Crippen LogP contribution in [0, 0.1) is 5.41 Å². The van der Waals surface area contributed by atoms with Gasteiger partial charge in [-0.15, -0.1) is 0 Å². The summed E-state index contributed by atoms with van der Waals surface area (Å²) in [6.45, 7) is 9.42. The SMILES string of the molecule is CC.CC(=O)C(N=C(C)N)(c1cccc(-c2cccc(O)c2)c1)C1(C)CC1. The highest BCUT2D eigenvalue weighted by Gasteiger charge is 2.60. The van der Waals surface area contributed by atoms with Crippen molar-refractivity contribution < 1.29 is 9.90 Å². The Labute approximate surface area is 162 Å². The monoisotopic (exact) mass is 366 g/mol. The first kappa shape index (κ1) is 20.7. The van der Waals surface area contributed by atoms with Crippen LogP contribution in [0.2, 0.25) is 0 Å². The predicted octanol–water partition coefficient (Wildman–Crippen LogP) is 5.05. The summed E-state index contributed by atoms with van der Waals surface area (Å²) >= 11 is 0. The molecule has 0 aliphatic heterocycles. The Balaban J connectivity index is 0.00000126. The Kier molecular flexibility index (Phi) is 6.09. The molecule has 1 unspecified atom stereocenters. The second-order valence-electron chi connectivity index (χ2n) is 7.21. The van der Waals surface area contributed by atoms with Gasteiger partial charge in [-0.3, -0.25) is 9.79 Å². The van der Waals surface area contributed by atoms with Crippen LogP contribution >= 0.6 is 0 Å². The van der Waals surface area contributed by atoms with E-state index in [2.05, 4.69) is 11.9 Å². The Morgan fingerprint density at radius 3 is 2.11 bits per heavy atom. The molecule has 1 aliphatic carbocycles. The molecule has 0 radical (unpaired) electrons. The van der Waals surface area contributed by atoms with Crippen molar-refractivity contribution in [1.82, 2.24) is 0 Å². The third-order valence-electron chi connectivity index (χ3n) is 5.19. The molecule has 2 aromatic rings. The minimum Gasteiger partial charge on any atom is -0.508 e. The van der Waals surface area contributed by atoms with Crippen molar-refractivity contribution >= 4 is 11.6 Å². The lowest BCUT2D eigenvalue weighted by Crippen LogP contribution is -2.42. The van der Waals surface area contributed by atoms with E-state index in [-0.39, 0.29) is 16.9 Å². The van der Waals surface area contributed by atoms with Gasteiger partial charge in [0, 0.05) is 5.41 Å². The largest absolute Gasteiger partial charge is 0.508 e. The summed E-state index contributed by atoms with van der Waals surface area (Å²) in [5, 5.41) is 9.76. The third-order valence-corrected chi connectivity index (χ3v) is 5.19. The predicted molar refractivity (Wildman–Crippen MR) is 112 cm³/mol. The van der Waals surface area contributed by atoms with E-state index < -0.39 is 5.54 Å². The Bertz CT molecular complexity index is 849. The lowest BCUT2D eigenvalue weighted by Gasteiger charge is -2.35. The zero-order chi connectivity index (χ0) is 20.2. The molecule has 144 valence electrons. The molecule has 0 bridgehead atoms. The van der Waals surface area contributed by atoms with Gasteiger partial charge in [-0.2, -0.15) is 0 Å². The van der Waals surface area contributed by atoms with Crippen LogP contribution in [-0.2, 0) is 10.3 Å². The van der Waals surface area contributed by atoms with E-state index in [0.717, 1.165) is 29.5 Å². The Hall–Kier alpha value is -2.62. The standard InChI is InChI=1S/C21H24N2O2.C2H6/c1-14(24)21(23-15(2)22,20(3)10-11-20)18-8-4-6-16(12-18)17-7-5-9-19(25)13-17;1-2/h4-9,12-13,25H,10-11H2,1-3H3,(H2,22,23);1-2H3. The average molecular weight is 367 g/mol. The molecule has 0 spiro atoms. The molecule has 0 aromatic heterocycles. The number of carbonyl (C=O) groups is 1. The van der Waals surface area contributed by atoms with Crippen molar-refractivity contribution in [2.24, 2.45) is 16.1 Å². The van der Waals surface area contributed by atoms with Crippen molar-refractivity contribution in [2.45, 2.75) is 53.0 Å². The first-order chi connectivity index (χ1) is 12.8. The number of hydrogen-bond donors (Lipinski definition) is 2. The van der Waals surface area contributed by atoms with E-state index in [1.165, 1.54) is 0 Å². The highest BCUT2D eigenvalue weighted by atomic mass is 16.3. The molecule has 1 atom stereocenters. The van der Waals surface area contributed by atoms with Gasteiger partial charge in [-0.25, -0.2) is 0 Å². The van der Waals surface area contributed by atoms with Crippen LogP contribution < -0.4 is 5.73 Å². The van der Waals surface area contributed by atoms with Crippen molar-refractivity contribution in [3.63, 3.8) is 0 Å². The molecule has 4 heteroatoms. The van der Waals surface area contributed by atoms with Gasteiger partial charge in [0.2, 0.25) is 0 Å². The summed E-state index contributed by atoms with van der Waals surface area (Å²) in [5.41, 5.74) is 7.43. The van der Waals surface area contributed by atoms with Crippen LogP contribution in [0.5, 0.6) is 5.75 Å². The van der Waals surface area contributed by atoms with E-state index in [1.807, 2.05) is 44.2 Å². The van der Waals surface area contributed by atoms with Crippen LogP contribution in [0.25, 0.3) is 11.1 Å². The molecule has 27 heavy (non-hydrogen) atoms. The number of carbonyl (C=O) groups excluding carboxylic acids is 1. The van der Waals surface area contributed by atoms with Crippen LogP contribution in [0.3, 0.4) is 0 Å². The van der Waals surface area contributed by atoms with Gasteiger partial charge in [0.05, 0.1) is 5.84 Å². The summed E-state index contributed by atoms with van der Waals surface area (Å²) in [4.78, 5) is 17.4. The van der Waals surface area contributed by atoms with Gasteiger partial charge in [-0.1, -0.05) is 51.1 Å². The second kappa shape index (κ2) is 7.95. The maximum absolute atomic E-state index is 12.8. The van der Waals surface area contributed by atoms with E-state index in [0.29, 0.717) is 5.84 Å². The molecule has 4 nitrogen and oxygen atoms in total. The summed E-state index contributed by atoms with van der Waals surface area (Å²) in [7, 11) is 0. The molecular weight excluding hydrogens is 336 g/mol. The first-order valence-electron chi connectivity index (χ1n) is 9.51. The van der Waals surface area contributed by atoms with E-state index >= 15 is 0 Å². The molecule has 0 heterocycles. The fourth-order valence-electron chi connectivity index (χ4n) is 3.68.